The Morgan fingerprint density at radius 2 is 2.21 bits per heavy atom. The van der Waals surface area contributed by atoms with Gasteiger partial charge in [0.1, 0.15) is 5.75 Å². The molecule has 0 bridgehead atoms. The Balaban J connectivity index is 2.35. The van der Waals surface area contributed by atoms with Crippen molar-refractivity contribution < 1.29 is 14.6 Å². The molecule has 0 saturated carbocycles. The van der Waals surface area contributed by atoms with E-state index in [1.54, 1.807) is 45.0 Å². The topological polar surface area (TPSA) is 58.6 Å². The summed E-state index contributed by atoms with van der Waals surface area (Å²) in [5.41, 5.74) is -0.646. The third-order valence-electron chi connectivity index (χ3n) is 2.90. The molecule has 0 saturated heterocycles. The molecule has 4 nitrogen and oxygen atoms in total. The SMILES string of the molecule is CC(O)C(C)(C)NC(=O)CCOc1cccc(Cl)c1. The van der Waals surface area contributed by atoms with Crippen LogP contribution in [0.1, 0.15) is 27.2 Å². The molecule has 0 radical (unpaired) electrons. The van der Waals surface area contributed by atoms with Gasteiger partial charge < -0.3 is 15.2 Å². The summed E-state index contributed by atoms with van der Waals surface area (Å²) in [5.74, 6) is 0.475. The Bertz CT molecular complexity index is 432. The van der Waals surface area contributed by atoms with Crippen molar-refractivity contribution in [2.24, 2.45) is 0 Å². The Labute approximate surface area is 118 Å². The monoisotopic (exact) mass is 285 g/mol. The van der Waals surface area contributed by atoms with Gasteiger partial charge in [-0.15, -0.1) is 0 Å². The van der Waals surface area contributed by atoms with E-state index in [1.807, 2.05) is 0 Å². The highest BCUT2D eigenvalue weighted by atomic mass is 35.5. The smallest absolute Gasteiger partial charge is 0.223 e. The van der Waals surface area contributed by atoms with Crippen LogP contribution in [0.25, 0.3) is 0 Å². The standard InChI is InChI=1S/C14H20ClNO3/c1-10(17)14(2,3)16-13(18)7-8-19-12-6-4-5-11(15)9-12/h4-6,9-10,17H,7-8H2,1-3H3,(H,16,18). The normalized spacial score (nSPS) is 12.9. The number of carbonyl (C=O) groups is 1. The molecule has 0 aliphatic rings. The minimum Gasteiger partial charge on any atom is -0.493 e. The molecule has 1 atom stereocenters. The minimum absolute atomic E-state index is 0.159. The first kappa shape index (κ1) is 15.8. The number of hydrogen-bond donors (Lipinski definition) is 2. The van der Waals surface area contributed by atoms with Crippen molar-refractivity contribution >= 4 is 17.5 Å². The summed E-state index contributed by atoms with van der Waals surface area (Å²) in [6, 6.07) is 7.02. The summed E-state index contributed by atoms with van der Waals surface area (Å²) in [4.78, 5) is 11.7. The van der Waals surface area contributed by atoms with Gasteiger partial charge in [0.15, 0.2) is 0 Å². The van der Waals surface area contributed by atoms with Gasteiger partial charge in [-0.25, -0.2) is 0 Å². The van der Waals surface area contributed by atoms with Crippen molar-refractivity contribution in [3.8, 4) is 5.75 Å². The first-order valence-electron chi connectivity index (χ1n) is 6.19. The predicted octanol–water partition coefficient (Wildman–Crippen LogP) is 2.38. The Kier molecular flexibility index (Phi) is 5.63. The summed E-state index contributed by atoms with van der Waals surface area (Å²) < 4.78 is 5.42. The third kappa shape index (κ3) is 5.49. The van der Waals surface area contributed by atoms with Gasteiger partial charge in [0, 0.05) is 5.02 Å². The molecule has 5 heteroatoms. The van der Waals surface area contributed by atoms with Crippen LogP contribution in [0.3, 0.4) is 0 Å². The molecule has 19 heavy (non-hydrogen) atoms. The van der Waals surface area contributed by atoms with E-state index in [0.29, 0.717) is 10.8 Å². The lowest BCUT2D eigenvalue weighted by molar-refractivity contribution is -0.124. The molecule has 0 aliphatic heterocycles. The second-order valence-electron chi connectivity index (χ2n) is 5.00. The van der Waals surface area contributed by atoms with Crippen LogP contribution >= 0.6 is 11.6 Å². The summed E-state index contributed by atoms with van der Waals surface area (Å²) in [5, 5.41) is 12.9. The highest BCUT2D eigenvalue weighted by Gasteiger charge is 2.25. The average molecular weight is 286 g/mol. The molecular weight excluding hydrogens is 266 g/mol. The van der Waals surface area contributed by atoms with Crippen LogP contribution in [0.5, 0.6) is 5.75 Å². The maximum atomic E-state index is 11.7. The number of nitrogens with one attached hydrogen (secondary N) is 1. The van der Waals surface area contributed by atoms with E-state index >= 15 is 0 Å². The second kappa shape index (κ2) is 6.78. The number of carbonyl (C=O) groups excluding carboxylic acids is 1. The molecule has 106 valence electrons. The molecule has 1 aromatic rings. The molecule has 1 unspecified atom stereocenters. The van der Waals surface area contributed by atoms with E-state index < -0.39 is 11.6 Å². The van der Waals surface area contributed by atoms with E-state index in [9.17, 15) is 9.90 Å². The molecule has 0 aromatic heterocycles. The number of hydrogen-bond acceptors (Lipinski definition) is 3. The van der Waals surface area contributed by atoms with Crippen molar-refractivity contribution in [3.63, 3.8) is 0 Å². The Morgan fingerprint density at radius 3 is 2.79 bits per heavy atom. The van der Waals surface area contributed by atoms with Gasteiger partial charge in [-0.1, -0.05) is 17.7 Å². The molecule has 0 fully saturated rings. The van der Waals surface area contributed by atoms with E-state index in [4.69, 9.17) is 16.3 Å². The third-order valence-corrected chi connectivity index (χ3v) is 3.14. The van der Waals surface area contributed by atoms with Crippen LogP contribution in [0.2, 0.25) is 5.02 Å². The van der Waals surface area contributed by atoms with Crippen LogP contribution < -0.4 is 10.1 Å². The summed E-state index contributed by atoms with van der Waals surface area (Å²) >= 11 is 5.82. The minimum atomic E-state index is -0.646. The Morgan fingerprint density at radius 1 is 1.53 bits per heavy atom. The van der Waals surface area contributed by atoms with Gasteiger partial charge in [0.05, 0.1) is 24.7 Å². The fourth-order valence-electron chi connectivity index (χ4n) is 1.34. The number of benzene rings is 1. The molecule has 0 heterocycles. The van der Waals surface area contributed by atoms with Crippen LogP contribution in [0.4, 0.5) is 0 Å². The van der Waals surface area contributed by atoms with Crippen LogP contribution in [0.15, 0.2) is 24.3 Å². The molecule has 1 aromatic carbocycles. The van der Waals surface area contributed by atoms with Gasteiger partial charge in [-0.3, -0.25) is 4.79 Å². The molecule has 0 aliphatic carbocycles. The molecule has 2 N–H and O–H groups in total. The predicted molar refractivity (Wildman–Crippen MR) is 75.5 cm³/mol. The van der Waals surface area contributed by atoms with Gasteiger partial charge in [0.2, 0.25) is 5.91 Å². The summed E-state index contributed by atoms with van der Waals surface area (Å²) in [7, 11) is 0. The van der Waals surface area contributed by atoms with Gasteiger partial charge in [0.25, 0.3) is 0 Å². The lowest BCUT2D eigenvalue weighted by Crippen LogP contribution is -2.51. The van der Waals surface area contributed by atoms with E-state index in [1.165, 1.54) is 0 Å². The zero-order valence-corrected chi connectivity index (χ0v) is 12.2. The maximum absolute atomic E-state index is 11.7. The molecule has 1 amide bonds. The fraction of sp³-hybridized carbons (Fsp3) is 0.500. The highest BCUT2D eigenvalue weighted by molar-refractivity contribution is 6.30. The Hall–Kier alpha value is -1.26. The molecular formula is C14H20ClNO3. The largest absolute Gasteiger partial charge is 0.493 e. The van der Waals surface area contributed by atoms with E-state index in [0.717, 1.165) is 0 Å². The van der Waals surface area contributed by atoms with Crippen molar-refractivity contribution in [3.05, 3.63) is 29.3 Å². The number of amides is 1. The van der Waals surface area contributed by atoms with E-state index in [-0.39, 0.29) is 18.9 Å². The van der Waals surface area contributed by atoms with Crippen molar-refractivity contribution in [2.45, 2.75) is 38.8 Å². The molecule has 1 rings (SSSR count). The van der Waals surface area contributed by atoms with Crippen molar-refractivity contribution in [1.82, 2.24) is 5.32 Å². The fourth-order valence-corrected chi connectivity index (χ4v) is 1.52. The maximum Gasteiger partial charge on any atom is 0.223 e. The van der Waals surface area contributed by atoms with Crippen molar-refractivity contribution in [2.75, 3.05) is 6.61 Å². The number of aliphatic hydroxyl groups excluding tert-OH is 1. The van der Waals surface area contributed by atoms with Crippen molar-refractivity contribution in [1.29, 1.82) is 0 Å². The number of halogens is 1. The quantitative estimate of drug-likeness (QED) is 0.844. The number of ether oxygens (including phenoxy) is 1. The number of rotatable bonds is 6. The van der Waals surface area contributed by atoms with E-state index in [2.05, 4.69) is 5.32 Å². The van der Waals surface area contributed by atoms with Crippen LogP contribution in [-0.4, -0.2) is 29.3 Å². The lowest BCUT2D eigenvalue weighted by Gasteiger charge is -2.29. The highest BCUT2D eigenvalue weighted by Crippen LogP contribution is 2.17. The first-order chi connectivity index (χ1) is 8.81. The second-order valence-corrected chi connectivity index (χ2v) is 5.44. The first-order valence-corrected chi connectivity index (χ1v) is 6.56. The van der Waals surface area contributed by atoms with Crippen LogP contribution in [-0.2, 0) is 4.79 Å². The summed E-state index contributed by atoms with van der Waals surface area (Å²) in [6.07, 6.45) is -0.395. The zero-order valence-electron chi connectivity index (χ0n) is 11.4. The number of aliphatic hydroxyl groups is 1. The summed E-state index contributed by atoms with van der Waals surface area (Å²) in [6.45, 7) is 5.45. The lowest BCUT2D eigenvalue weighted by atomic mass is 9.99. The average Bonchev–Trinajstić information content (AvgIpc) is 2.28. The zero-order chi connectivity index (χ0) is 14.5. The van der Waals surface area contributed by atoms with Crippen LogP contribution in [0, 0.1) is 0 Å². The van der Waals surface area contributed by atoms with Gasteiger partial charge in [-0.05, 0) is 39.0 Å². The van der Waals surface area contributed by atoms with Gasteiger partial charge in [-0.2, -0.15) is 0 Å². The molecule has 0 spiro atoms. The van der Waals surface area contributed by atoms with Gasteiger partial charge >= 0.3 is 0 Å².